The van der Waals surface area contributed by atoms with E-state index < -0.39 is 22.4 Å². The molecule has 0 saturated carbocycles. The van der Waals surface area contributed by atoms with Crippen molar-refractivity contribution in [1.29, 1.82) is 0 Å². The lowest BCUT2D eigenvalue weighted by atomic mass is 10.2. The van der Waals surface area contributed by atoms with E-state index in [1.165, 1.54) is 7.05 Å². The van der Waals surface area contributed by atoms with Crippen molar-refractivity contribution in [2.45, 2.75) is 12.1 Å². The molecule has 1 heterocycles. The highest BCUT2D eigenvalue weighted by atomic mass is 32.2. The van der Waals surface area contributed by atoms with Crippen molar-refractivity contribution in [3.8, 4) is 0 Å². The zero-order chi connectivity index (χ0) is 9.35. The summed E-state index contributed by atoms with van der Waals surface area (Å²) in [6.45, 7) is 0.846. The molecule has 7 heteroatoms. The van der Waals surface area contributed by atoms with Gasteiger partial charge in [-0.3, -0.25) is 0 Å². The number of aliphatic hydroxyl groups is 1. The molecule has 1 aliphatic heterocycles. The van der Waals surface area contributed by atoms with E-state index in [1.54, 1.807) is 0 Å². The van der Waals surface area contributed by atoms with E-state index in [4.69, 9.17) is 5.14 Å². The fourth-order valence-corrected chi connectivity index (χ4v) is 1.80. The van der Waals surface area contributed by atoms with Gasteiger partial charge >= 0.3 is 0 Å². The number of hydrogen-bond donors (Lipinski definition) is 3. The van der Waals surface area contributed by atoms with E-state index in [0.29, 0.717) is 13.1 Å². The Labute approximate surface area is 71.5 Å². The molecule has 0 aromatic rings. The molecule has 0 radical (unpaired) electrons. The van der Waals surface area contributed by atoms with Crippen LogP contribution in [-0.2, 0) is 10.2 Å². The van der Waals surface area contributed by atoms with Crippen LogP contribution in [-0.4, -0.2) is 50.1 Å². The molecule has 0 spiro atoms. The first-order chi connectivity index (χ1) is 5.43. The molecular weight excluding hydrogens is 182 g/mol. The molecule has 0 bridgehead atoms. The molecule has 1 aliphatic rings. The summed E-state index contributed by atoms with van der Waals surface area (Å²) in [6, 6.07) is -0.444. The van der Waals surface area contributed by atoms with Crippen LogP contribution < -0.4 is 10.5 Å². The van der Waals surface area contributed by atoms with Crippen molar-refractivity contribution >= 4 is 10.2 Å². The van der Waals surface area contributed by atoms with Gasteiger partial charge in [-0.2, -0.15) is 12.7 Å². The van der Waals surface area contributed by atoms with Crippen molar-refractivity contribution in [3.63, 3.8) is 0 Å². The molecule has 1 saturated heterocycles. The van der Waals surface area contributed by atoms with E-state index >= 15 is 0 Å². The van der Waals surface area contributed by atoms with Gasteiger partial charge in [-0.1, -0.05) is 0 Å². The van der Waals surface area contributed by atoms with Crippen LogP contribution in [0.3, 0.4) is 0 Å². The van der Waals surface area contributed by atoms with Crippen LogP contribution in [0.15, 0.2) is 0 Å². The number of nitrogens with two attached hydrogens (primary N) is 1. The number of aliphatic hydroxyl groups excluding tert-OH is 1. The number of hydrogen-bond acceptors (Lipinski definition) is 4. The minimum absolute atomic E-state index is 0.407. The van der Waals surface area contributed by atoms with E-state index in [2.05, 4.69) is 5.32 Å². The lowest BCUT2D eigenvalue weighted by Gasteiger charge is -2.22. The summed E-state index contributed by atoms with van der Waals surface area (Å²) in [5.41, 5.74) is 0. The second-order valence-electron chi connectivity index (χ2n) is 2.85. The zero-order valence-corrected chi connectivity index (χ0v) is 7.58. The molecule has 6 nitrogen and oxygen atoms in total. The normalized spacial score (nSPS) is 31.3. The number of nitrogens with one attached hydrogen (secondary N) is 1. The van der Waals surface area contributed by atoms with Gasteiger partial charge in [0, 0.05) is 20.1 Å². The summed E-state index contributed by atoms with van der Waals surface area (Å²) in [6.07, 6.45) is -0.673. The van der Waals surface area contributed by atoms with Crippen LogP contribution in [0.4, 0.5) is 0 Å². The van der Waals surface area contributed by atoms with Gasteiger partial charge in [0.1, 0.15) is 0 Å². The SMILES string of the molecule is CN([C@@H]1CNC[C@H]1O)S(N)(=O)=O. The Morgan fingerprint density at radius 2 is 2.17 bits per heavy atom. The van der Waals surface area contributed by atoms with Crippen molar-refractivity contribution < 1.29 is 13.5 Å². The van der Waals surface area contributed by atoms with Crippen molar-refractivity contribution in [1.82, 2.24) is 9.62 Å². The fraction of sp³-hybridized carbons (Fsp3) is 1.00. The van der Waals surface area contributed by atoms with Gasteiger partial charge in [-0.05, 0) is 0 Å². The number of likely N-dealkylation sites (N-methyl/N-ethyl adjacent to an activating group) is 1. The second-order valence-corrected chi connectivity index (χ2v) is 4.46. The Balaban J connectivity index is 2.70. The monoisotopic (exact) mass is 195 g/mol. The minimum Gasteiger partial charge on any atom is -0.390 e. The molecular formula is C5H13N3O3S. The summed E-state index contributed by atoms with van der Waals surface area (Å²) in [4.78, 5) is 0. The Bertz CT molecular complexity index is 253. The van der Waals surface area contributed by atoms with Crippen molar-refractivity contribution in [3.05, 3.63) is 0 Å². The Hall–Kier alpha value is -0.210. The highest BCUT2D eigenvalue weighted by Gasteiger charge is 2.33. The van der Waals surface area contributed by atoms with Crippen molar-refractivity contribution in [2.75, 3.05) is 20.1 Å². The highest BCUT2D eigenvalue weighted by molar-refractivity contribution is 7.86. The van der Waals surface area contributed by atoms with Crippen LogP contribution in [0.25, 0.3) is 0 Å². The Kier molecular flexibility index (Phi) is 2.69. The van der Waals surface area contributed by atoms with Gasteiger partial charge in [-0.15, -0.1) is 0 Å². The van der Waals surface area contributed by atoms with E-state index in [9.17, 15) is 13.5 Å². The van der Waals surface area contributed by atoms with Gasteiger partial charge in [0.15, 0.2) is 0 Å². The van der Waals surface area contributed by atoms with Gasteiger partial charge in [-0.25, -0.2) is 5.14 Å². The van der Waals surface area contributed by atoms with Gasteiger partial charge in [0.2, 0.25) is 0 Å². The van der Waals surface area contributed by atoms with E-state index in [0.717, 1.165) is 4.31 Å². The molecule has 72 valence electrons. The largest absolute Gasteiger partial charge is 0.390 e. The maximum atomic E-state index is 10.8. The smallest absolute Gasteiger partial charge is 0.277 e. The quantitative estimate of drug-likeness (QED) is 0.452. The van der Waals surface area contributed by atoms with Crippen LogP contribution in [0.5, 0.6) is 0 Å². The molecule has 0 aliphatic carbocycles. The average Bonchev–Trinajstić information content (AvgIpc) is 2.31. The van der Waals surface area contributed by atoms with Crippen LogP contribution >= 0.6 is 0 Å². The molecule has 1 fully saturated rings. The molecule has 0 amide bonds. The Morgan fingerprint density at radius 1 is 1.58 bits per heavy atom. The third kappa shape index (κ3) is 1.93. The highest BCUT2D eigenvalue weighted by Crippen LogP contribution is 2.08. The second kappa shape index (κ2) is 3.27. The summed E-state index contributed by atoms with van der Waals surface area (Å²) < 4.78 is 22.6. The van der Waals surface area contributed by atoms with Crippen molar-refractivity contribution in [2.24, 2.45) is 5.14 Å². The molecule has 1 rings (SSSR count). The van der Waals surface area contributed by atoms with Gasteiger partial charge in [0.25, 0.3) is 10.2 Å². The molecule has 0 unspecified atom stereocenters. The number of nitrogens with zero attached hydrogens (tertiary/aromatic N) is 1. The van der Waals surface area contributed by atoms with Crippen LogP contribution in [0.1, 0.15) is 0 Å². The first kappa shape index (κ1) is 9.87. The van der Waals surface area contributed by atoms with Gasteiger partial charge < -0.3 is 10.4 Å². The predicted octanol–water partition coefficient (Wildman–Crippen LogP) is -2.55. The minimum atomic E-state index is -3.69. The third-order valence-corrected chi connectivity index (χ3v) is 3.09. The molecule has 2 atom stereocenters. The lowest BCUT2D eigenvalue weighted by Crippen LogP contribution is -2.47. The first-order valence-corrected chi connectivity index (χ1v) is 5.08. The molecule has 0 aromatic carbocycles. The predicted molar refractivity (Wildman–Crippen MR) is 43.5 cm³/mol. The summed E-state index contributed by atoms with van der Waals surface area (Å²) in [7, 11) is -2.33. The number of rotatable bonds is 2. The molecule has 4 N–H and O–H groups in total. The maximum Gasteiger partial charge on any atom is 0.277 e. The Morgan fingerprint density at radius 3 is 2.50 bits per heavy atom. The summed E-state index contributed by atoms with van der Waals surface area (Å²) in [5, 5.41) is 17.0. The molecule has 0 aromatic heterocycles. The summed E-state index contributed by atoms with van der Waals surface area (Å²) >= 11 is 0. The summed E-state index contributed by atoms with van der Waals surface area (Å²) in [5.74, 6) is 0. The first-order valence-electron chi connectivity index (χ1n) is 3.57. The van der Waals surface area contributed by atoms with E-state index in [1.807, 2.05) is 0 Å². The van der Waals surface area contributed by atoms with E-state index in [-0.39, 0.29) is 0 Å². The van der Waals surface area contributed by atoms with Crippen LogP contribution in [0, 0.1) is 0 Å². The van der Waals surface area contributed by atoms with Gasteiger partial charge in [0.05, 0.1) is 12.1 Å². The average molecular weight is 195 g/mol. The maximum absolute atomic E-state index is 10.8. The standard InChI is InChI=1S/C5H13N3O3S/c1-8(12(6,10)11)4-2-7-3-5(4)9/h4-5,7,9H,2-3H2,1H3,(H2,6,10,11)/t4-,5-/m1/s1. The lowest BCUT2D eigenvalue weighted by molar-refractivity contribution is 0.136. The van der Waals surface area contributed by atoms with Crippen LogP contribution in [0.2, 0.25) is 0 Å². The molecule has 12 heavy (non-hydrogen) atoms. The number of β-amino-alcohol motifs (C(OH)–C–C–N with tert-alkyl or cyclic N) is 1. The fourth-order valence-electron chi connectivity index (χ4n) is 1.21. The topological polar surface area (TPSA) is 95.7 Å². The third-order valence-electron chi connectivity index (χ3n) is 2.02. The zero-order valence-electron chi connectivity index (χ0n) is 6.77.